The first-order valence-electron chi connectivity index (χ1n) is 7.46. The van der Waals surface area contributed by atoms with Crippen LogP contribution in [0.4, 0.5) is 0 Å². The van der Waals surface area contributed by atoms with Crippen LogP contribution in [0.25, 0.3) is 0 Å². The Balaban J connectivity index is 2.62. The number of hydrogen-bond donors (Lipinski definition) is 0. The largest absolute Gasteiger partial charge is 0.0843 e. The van der Waals surface area contributed by atoms with Gasteiger partial charge >= 0.3 is 0 Å². The molecule has 20 heavy (non-hydrogen) atoms. The van der Waals surface area contributed by atoms with E-state index in [-0.39, 0.29) is 5.41 Å². The normalized spacial score (nSPS) is 15.6. The van der Waals surface area contributed by atoms with Gasteiger partial charge in [0.05, 0.1) is 0 Å². The molecule has 2 aromatic carbocycles. The number of rotatable bonds is 5. The van der Waals surface area contributed by atoms with Crippen LogP contribution < -0.4 is 0 Å². The quantitative estimate of drug-likeness (QED) is 0.624. The predicted octanol–water partition coefficient (Wildman–Crippen LogP) is 6.08. The van der Waals surface area contributed by atoms with Gasteiger partial charge in [0, 0.05) is 10.4 Å². The smallest absolute Gasteiger partial charge is 0.0406 e. The third kappa shape index (κ3) is 2.62. The van der Waals surface area contributed by atoms with Gasteiger partial charge in [-0.05, 0) is 35.6 Å². The molecule has 0 fully saturated rings. The molecule has 2 rings (SSSR count). The highest BCUT2D eigenvalue weighted by atomic mass is 35.5. The minimum absolute atomic E-state index is 0.0700. The van der Waals surface area contributed by atoms with E-state index in [9.17, 15) is 0 Å². The van der Waals surface area contributed by atoms with Crippen LogP contribution in [0.2, 0.25) is 5.02 Å². The summed E-state index contributed by atoms with van der Waals surface area (Å²) in [6, 6.07) is 19.3. The standard InChI is InChI=1S/C19H23Cl/c1-4-15(3)19(5-2,16-9-7-6-8-10-16)17-11-13-18(20)14-12-17/h6-15H,4-5H2,1-3H3. The Morgan fingerprint density at radius 3 is 1.95 bits per heavy atom. The van der Waals surface area contributed by atoms with E-state index in [1.165, 1.54) is 11.1 Å². The molecule has 0 aliphatic rings. The maximum absolute atomic E-state index is 6.06. The Kier molecular flexibility index (Phi) is 4.88. The molecule has 0 nitrogen and oxygen atoms in total. The maximum Gasteiger partial charge on any atom is 0.0406 e. The highest BCUT2D eigenvalue weighted by molar-refractivity contribution is 6.30. The predicted molar refractivity (Wildman–Crippen MR) is 88.4 cm³/mol. The molecule has 0 aliphatic heterocycles. The first-order chi connectivity index (χ1) is 9.65. The monoisotopic (exact) mass is 286 g/mol. The van der Waals surface area contributed by atoms with Gasteiger partial charge in [-0.15, -0.1) is 0 Å². The van der Waals surface area contributed by atoms with Crippen LogP contribution in [0, 0.1) is 5.92 Å². The van der Waals surface area contributed by atoms with Crippen molar-refractivity contribution in [1.82, 2.24) is 0 Å². The summed E-state index contributed by atoms with van der Waals surface area (Å²) in [5, 5.41) is 0.802. The summed E-state index contributed by atoms with van der Waals surface area (Å²) in [7, 11) is 0. The highest BCUT2D eigenvalue weighted by Crippen LogP contribution is 2.43. The summed E-state index contributed by atoms with van der Waals surface area (Å²) in [5.74, 6) is 0.580. The Labute approximate surface area is 127 Å². The zero-order valence-corrected chi connectivity index (χ0v) is 13.3. The summed E-state index contributed by atoms with van der Waals surface area (Å²) < 4.78 is 0. The van der Waals surface area contributed by atoms with Crippen molar-refractivity contribution in [2.75, 3.05) is 0 Å². The summed E-state index contributed by atoms with van der Waals surface area (Å²) >= 11 is 6.06. The van der Waals surface area contributed by atoms with Gasteiger partial charge in [-0.2, -0.15) is 0 Å². The molecule has 0 aromatic heterocycles. The van der Waals surface area contributed by atoms with Crippen LogP contribution in [0.5, 0.6) is 0 Å². The van der Waals surface area contributed by atoms with Crippen molar-refractivity contribution in [3.8, 4) is 0 Å². The molecule has 0 heterocycles. The summed E-state index contributed by atoms with van der Waals surface area (Å²) in [5.41, 5.74) is 2.84. The average Bonchev–Trinajstić information content (AvgIpc) is 2.51. The van der Waals surface area contributed by atoms with E-state index >= 15 is 0 Å². The first-order valence-corrected chi connectivity index (χ1v) is 7.84. The molecule has 0 aliphatic carbocycles. The molecule has 106 valence electrons. The first kappa shape index (κ1) is 15.1. The van der Waals surface area contributed by atoms with Crippen molar-refractivity contribution in [3.63, 3.8) is 0 Å². The van der Waals surface area contributed by atoms with E-state index in [0.29, 0.717) is 5.92 Å². The van der Waals surface area contributed by atoms with E-state index in [2.05, 4.69) is 63.2 Å². The molecule has 0 amide bonds. The molecular formula is C19H23Cl. The molecule has 0 bridgehead atoms. The van der Waals surface area contributed by atoms with Crippen LogP contribution >= 0.6 is 11.6 Å². The number of hydrogen-bond acceptors (Lipinski definition) is 0. The molecule has 1 heteroatoms. The molecule has 2 unspecified atom stereocenters. The molecule has 0 saturated heterocycles. The van der Waals surface area contributed by atoms with Crippen molar-refractivity contribution >= 4 is 11.6 Å². The second-order valence-electron chi connectivity index (χ2n) is 5.51. The van der Waals surface area contributed by atoms with Crippen LogP contribution in [0.3, 0.4) is 0 Å². The molecular weight excluding hydrogens is 264 g/mol. The van der Waals surface area contributed by atoms with Gasteiger partial charge in [-0.25, -0.2) is 0 Å². The Morgan fingerprint density at radius 1 is 0.900 bits per heavy atom. The molecule has 0 saturated carbocycles. The summed E-state index contributed by atoms with van der Waals surface area (Å²) in [6.07, 6.45) is 2.25. The third-order valence-corrected chi connectivity index (χ3v) is 4.91. The summed E-state index contributed by atoms with van der Waals surface area (Å²) in [4.78, 5) is 0. The molecule has 2 atom stereocenters. The minimum Gasteiger partial charge on any atom is -0.0843 e. The van der Waals surface area contributed by atoms with Crippen LogP contribution in [0.1, 0.15) is 44.7 Å². The lowest BCUT2D eigenvalue weighted by Crippen LogP contribution is -2.34. The fourth-order valence-electron chi connectivity index (χ4n) is 3.32. The van der Waals surface area contributed by atoms with Gasteiger partial charge in [0.15, 0.2) is 0 Å². The molecule has 0 radical (unpaired) electrons. The SMILES string of the molecule is CCC(C)C(CC)(c1ccccc1)c1ccc(Cl)cc1. The zero-order valence-electron chi connectivity index (χ0n) is 12.6. The second-order valence-corrected chi connectivity index (χ2v) is 5.94. The zero-order chi connectivity index (χ0) is 14.6. The van der Waals surface area contributed by atoms with Crippen molar-refractivity contribution in [3.05, 3.63) is 70.7 Å². The van der Waals surface area contributed by atoms with Gasteiger partial charge in [0.2, 0.25) is 0 Å². The van der Waals surface area contributed by atoms with E-state index in [1.807, 2.05) is 12.1 Å². The van der Waals surface area contributed by atoms with E-state index < -0.39 is 0 Å². The van der Waals surface area contributed by atoms with Crippen LogP contribution in [-0.2, 0) is 5.41 Å². The fraction of sp³-hybridized carbons (Fsp3) is 0.368. The van der Waals surface area contributed by atoms with E-state index in [1.54, 1.807) is 0 Å². The van der Waals surface area contributed by atoms with Gasteiger partial charge in [-0.3, -0.25) is 0 Å². The Hall–Kier alpha value is -1.27. The Bertz CT molecular complexity index is 529. The minimum atomic E-state index is 0.0700. The fourth-order valence-corrected chi connectivity index (χ4v) is 3.45. The molecule has 0 spiro atoms. The van der Waals surface area contributed by atoms with Gasteiger partial charge in [0.25, 0.3) is 0 Å². The van der Waals surface area contributed by atoms with Crippen LogP contribution in [0.15, 0.2) is 54.6 Å². The lowest BCUT2D eigenvalue weighted by atomic mass is 9.64. The van der Waals surface area contributed by atoms with Crippen molar-refractivity contribution < 1.29 is 0 Å². The van der Waals surface area contributed by atoms with Gasteiger partial charge in [-0.1, -0.05) is 81.3 Å². The van der Waals surface area contributed by atoms with Crippen molar-refractivity contribution in [2.45, 2.75) is 39.0 Å². The van der Waals surface area contributed by atoms with Gasteiger partial charge < -0.3 is 0 Å². The summed E-state index contributed by atoms with van der Waals surface area (Å²) in [6.45, 7) is 6.91. The number of benzene rings is 2. The molecule has 2 aromatic rings. The van der Waals surface area contributed by atoms with Gasteiger partial charge in [0.1, 0.15) is 0 Å². The average molecular weight is 287 g/mol. The Morgan fingerprint density at radius 2 is 1.45 bits per heavy atom. The highest BCUT2D eigenvalue weighted by Gasteiger charge is 2.36. The van der Waals surface area contributed by atoms with Crippen molar-refractivity contribution in [2.24, 2.45) is 5.92 Å². The maximum atomic E-state index is 6.06. The topological polar surface area (TPSA) is 0 Å². The third-order valence-electron chi connectivity index (χ3n) is 4.66. The second kappa shape index (κ2) is 6.45. The molecule has 0 N–H and O–H groups in total. The van der Waals surface area contributed by atoms with Crippen LogP contribution in [-0.4, -0.2) is 0 Å². The van der Waals surface area contributed by atoms with E-state index in [0.717, 1.165) is 17.9 Å². The number of halogens is 1. The van der Waals surface area contributed by atoms with Crippen molar-refractivity contribution in [1.29, 1.82) is 0 Å². The lowest BCUT2D eigenvalue weighted by Gasteiger charge is -2.39. The van der Waals surface area contributed by atoms with E-state index in [4.69, 9.17) is 11.6 Å². The lowest BCUT2D eigenvalue weighted by molar-refractivity contribution is 0.324.